The molecule has 2 aromatic rings. The van der Waals surface area contributed by atoms with Crippen molar-refractivity contribution in [2.75, 3.05) is 0 Å². The van der Waals surface area contributed by atoms with E-state index in [9.17, 15) is 19.7 Å². The van der Waals surface area contributed by atoms with Crippen molar-refractivity contribution in [1.29, 1.82) is 0 Å². The van der Waals surface area contributed by atoms with Gasteiger partial charge < -0.3 is 0 Å². The molecule has 2 rings (SSSR count). The molecule has 0 unspecified atom stereocenters. The van der Waals surface area contributed by atoms with Gasteiger partial charge in [0, 0.05) is 28.8 Å². The monoisotopic (exact) mass is 321 g/mol. The van der Waals surface area contributed by atoms with Gasteiger partial charge in [-0.25, -0.2) is 10.5 Å². The average molecular weight is 322 g/mol. The van der Waals surface area contributed by atoms with Gasteiger partial charge in [-0.05, 0) is 12.1 Å². The maximum absolute atomic E-state index is 11.7. The molecule has 0 bridgehead atoms. The fourth-order valence-electron chi connectivity index (χ4n) is 1.43. The first-order valence-corrected chi connectivity index (χ1v) is 6.18. The summed E-state index contributed by atoms with van der Waals surface area (Å²) in [5, 5.41) is 20.2. The lowest BCUT2D eigenvalue weighted by atomic mass is 10.2. The van der Waals surface area contributed by atoms with Gasteiger partial charge in [0.1, 0.15) is 0 Å². The number of nitrogens with one attached hydrogen (secondary N) is 2. The van der Waals surface area contributed by atoms with E-state index in [1.807, 2.05) is 0 Å². The van der Waals surface area contributed by atoms with Gasteiger partial charge in [-0.15, -0.1) is 0 Å². The van der Waals surface area contributed by atoms with Crippen LogP contribution in [0.4, 0.5) is 5.69 Å². The molecule has 9 nitrogen and oxygen atoms in total. The maximum Gasteiger partial charge on any atom is 0.291 e. The van der Waals surface area contributed by atoms with Crippen molar-refractivity contribution in [3.05, 3.63) is 67.1 Å². The van der Waals surface area contributed by atoms with Crippen LogP contribution in [0.3, 0.4) is 0 Å². The van der Waals surface area contributed by atoms with Gasteiger partial charge >= 0.3 is 0 Å². The summed E-state index contributed by atoms with van der Waals surface area (Å²) in [6.07, 6.45) is 1.17. The quantitative estimate of drug-likeness (QED) is 0.494. The minimum Gasteiger partial charge on any atom is -0.268 e. The highest BCUT2D eigenvalue weighted by Crippen LogP contribution is 2.20. The van der Waals surface area contributed by atoms with Crippen LogP contribution in [0.5, 0.6) is 0 Å². The lowest BCUT2D eigenvalue weighted by Crippen LogP contribution is -2.21. The number of carbonyl (C=O) groups is 1. The predicted molar refractivity (Wildman–Crippen MR) is 78.0 cm³/mol. The Morgan fingerprint density at radius 1 is 1.41 bits per heavy atom. The number of carbonyl (C=O) groups excluding carboxylic acids is 1. The fourth-order valence-corrected chi connectivity index (χ4v) is 1.60. The molecule has 1 aromatic heterocycles. The van der Waals surface area contributed by atoms with E-state index in [1.165, 1.54) is 30.5 Å². The van der Waals surface area contributed by atoms with E-state index in [0.717, 1.165) is 6.07 Å². The average Bonchev–Trinajstić information content (AvgIpc) is 2.49. The number of H-pyrrole nitrogens is 1. The second kappa shape index (κ2) is 6.59. The van der Waals surface area contributed by atoms with Crippen molar-refractivity contribution >= 4 is 29.4 Å². The van der Waals surface area contributed by atoms with E-state index in [4.69, 9.17) is 11.6 Å². The summed E-state index contributed by atoms with van der Waals surface area (Å²) in [5.74, 6) is -0.658. The second-order valence-corrected chi connectivity index (χ2v) is 4.38. The molecular formula is C12H8ClN5O4. The highest BCUT2D eigenvalue weighted by atomic mass is 35.5. The normalized spacial score (nSPS) is 10.6. The third-order valence-electron chi connectivity index (χ3n) is 2.47. The standard InChI is InChI=1S/C12H8ClN5O4/c13-9-2-1-8(18(21)22)5-7(9)6-14-17-12(20)10-3-4-11(19)16-15-10/h1-6H,(H,16,19)(H,17,20). The Labute approximate surface area is 127 Å². The van der Waals surface area contributed by atoms with E-state index >= 15 is 0 Å². The molecule has 0 aliphatic rings. The summed E-state index contributed by atoms with van der Waals surface area (Å²) in [6, 6.07) is 6.19. The molecule has 0 aliphatic carbocycles. The molecule has 0 fully saturated rings. The summed E-state index contributed by atoms with van der Waals surface area (Å²) in [5.41, 5.74) is 1.79. The van der Waals surface area contributed by atoms with Crippen molar-refractivity contribution in [1.82, 2.24) is 15.6 Å². The van der Waals surface area contributed by atoms with Crippen LogP contribution in [0.1, 0.15) is 16.1 Å². The SMILES string of the molecule is O=C(NN=Cc1cc([N+](=O)[O-])ccc1Cl)c1ccc(=O)[nH]n1. The largest absolute Gasteiger partial charge is 0.291 e. The van der Waals surface area contributed by atoms with Crippen molar-refractivity contribution in [2.45, 2.75) is 0 Å². The molecule has 1 aromatic carbocycles. The van der Waals surface area contributed by atoms with Crippen LogP contribution < -0.4 is 11.0 Å². The number of aromatic amines is 1. The number of benzene rings is 1. The number of aromatic nitrogens is 2. The van der Waals surface area contributed by atoms with Crippen LogP contribution in [-0.4, -0.2) is 27.2 Å². The number of nitro benzene ring substituents is 1. The zero-order valence-electron chi connectivity index (χ0n) is 10.8. The van der Waals surface area contributed by atoms with Crippen molar-refractivity contribution < 1.29 is 9.72 Å². The number of amides is 1. The maximum atomic E-state index is 11.7. The Balaban J connectivity index is 2.10. The highest BCUT2D eigenvalue weighted by Gasteiger charge is 2.09. The van der Waals surface area contributed by atoms with Crippen LogP contribution in [0.25, 0.3) is 0 Å². The molecule has 0 atom stereocenters. The van der Waals surface area contributed by atoms with Crippen LogP contribution in [0.2, 0.25) is 5.02 Å². The summed E-state index contributed by atoms with van der Waals surface area (Å²) in [7, 11) is 0. The third-order valence-corrected chi connectivity index (χ3v) is 2.82. The number of rotatable bonds is 4. The number of nitrogens with zero attached hydrogens (tertiary/aromatic N) is 3. The number of nitro groups is 1. The lowest BCUT2D eigenvalue weighted by molar-refractivity contribution is -0.384. The first-order chi connectivity index (χ1) is 10.5. The molecule has 0 saturated heterocycles. The molecule has 0 aliphatic heterocycles. The Hall–Kier alpha value is -3.07. The smallest absolute Gasteiger partial charge is 0.268 e. The molecule has 1 amide bonds. The number of hydrogen-bond donors (Lipinski definition) is 2. The van der Waals surface area contributed by atoms with Gasteiger partial charge in [-0.3, -0.25) is 19.7 Å². The van der Waals surface area contributed by atoms with E-state index in [2.05, 4.69) is 20.7 Å². The zero-order valence-corrected chi connectivity index (χ0v) is 11.6. The van der Waals surface area contributed by atoms with Gasteiger partial charge in [-0.1, -0.05) is 11.6 Å². The zero-order chi connectivity index (χ0) is 16.1. The van der Waals surface area contributed by atoms with E-state index in [-0.39, 0.29) is 22.0 Å². The number of halogens is 1. The summed E-state index contributed by atoms with van der Waals surface area (Å²) >= 11 is 5.87. The van der Waals surface area contributed by atoms with Crippen LogP contribution in [-0.2, 0) is 0 Å². The van der Waals surface area contributed by atoms with Crippen LogP contribution in [0, 0.1) is 10.1 Å². The Kier molecular flexibility index (Phi) is 4.59. The minimum absolute atomic E-state index is 0.0399. The molecule has 22 heavy (non-hydrogen) atoms. The summed E-state index contributed by atoms with van der Waals surface area (Å²) in [6.45, 7) is 0. The number of hydrogen-bond acceptors (Lipinski definition) is 6. The fraction of sp³-hybridized carbons (Fsp3) is 0. The van der Waals surface area contributed by atoms with Crippen molar-refractivity contribution in [3.8, 4) is 0 Å². The van der Waals surface area contributed by atoms with Crippen molar-refractivity contribution in [3.63, 3.8) is 0 Å². The number of hydrazone groups is 1. The molecule has 0 saturated carbocycles. The Bertz CT molecular complexity index is 797. The van der Waals surface area contributed by atoms with Gasteiger partial charge in [-0.2, -0.15) is 10.2 Å². The highest BCUT2D eigenvalue weighted by molar-refractivity contribution is 6.33. The molecule has 10 heteroatoms. The summed E-state index contributed by atoms with van der Waals surface area (Å²) < 4.78 is 0. The first kappa shape index (κ1) is 15.3. The van der Waals surface area contributed by atoms with Gasteiger partial charge in [0.25, 0.3) is 17.2 Å². The predicted octanol–water partition coefficient (Wildman–Crippen LogP) is 1.10. The molecular weight excluding hydrogens is 314 g/mol. The van der Waals surface area contributed by atoms with Crippen molar-refractivity contribution in [2.24, 2.45) is 5.10 Å². The molecule has 2 N–H and O–H groups in total. The molecule has 0 spiro atoms. The summed E-state index contributed by atoms with van der Waals surface area (Å²) in [4.78, 5) is 32.6. The topological polar surface area (TPSA) is 130 Å². The first-order valence-electron chi connectivity index (χ1n) is 5.80. The van der Waals surface area contributed by atoms with E-state index in [0.29, 0.717) is 0 Å². The third kappa shape index (κ3) is 3.73. The molecule has 1 heterocycles. The van der Waals surface area contributed by atoms with Gasteiger partial charge in [0.2, 0.25) is 0 Å². The number of non-ortho nitro benzene ring substituents is 1. The van der Waals surface area contributed by atoms with Crippen LogP contribution >= 0.6 is 11.6 Å². The van der Waals surface area contributed by atoms with Crippen LogP contribution in [0.15, 0.2) is 40.2 Å². The Morgan fingerprint density at radius 2 is 2.18 bits per heavy atom. The molecule has 0 radical (unpaired) electrons. The van der Waals surface area contributed by atoms with Gasteiger partial charge in [0.05, 0.1) is 11.1 Å². The Morgan fingerprint density at radius 3 is 2.82 bits per heavy atom. The van der Waals surface area contributed by atoms with E-state index in [1.54, 1.807) is 0 Å². The lowest BCUT2D eigenvalue weighted by Gasteiger charge is -1.99. The molecule has 112 valence electrons. The second-order valence-electron chi connectivity index (χ2n) is 3.97. The van der Waals surface area contributed by atoms with E-state index < -0.39 is 16.4 Å². The van der Waals surface area contributed by atoms with Gasteiger partial charge in [0.15, 0.2) is 5.69 Å². The minimum atomic E-state index is -0.658.